The molecule has 1 fully saturated rings. The van der Waals surface area contributed by atoms with Gasteiger partial charge >= 0.3 is 5.97 Å². The Kier molecular flexibility index (Phi) is 3.58. The SMILES string of the molecule is O=C1CCC(C(=O)OCc2ccc3c(c2)OCO3)CC1. The number of rotatable bonds is 3. The molecular formula is C15H16O5. The predicted octanol–water partition coefficient (Wildman–Crippen LogP) is 2.22. The van der Waals surface area contributed by atoms with Crippen LogP contribution in [-0.4, -0.2) is 18.5 Å². The molecule has 3 rings (SSSR count). The van der Waals surface area contributed by atoms with E-state index in [1.54, 1.807) is 0 Å². The lowest BCUT2D eigenvalue weighted by atomic mass is 9.88. The largest absolute Gasteiger partial charge is 0.461 e. The lowest BCUT2D eigenvalue weighted by Gasteiger charge is -2.19. The summed E-state index contributed by atoms with van der Waals surface area (Å²) in [6.07, 6.45) is 2.20. The van der Waals surface area contributed by atoms with Crippen molar-refractivity contribution in [3.8, 4) is 11.5 Å². The van der Waals surface area contributed by atoms with Crippen molar-refractivity contribution < 1.29 is 23.8 Å². The van der Waals surface area contributed by atoms with Crippen molar-refractivity contribution in [2.45, 2.75) is 32.3 Å². The Morgan fingerprint density at radius 2 is 1.95 bits per heavy atom. The number of ketones is 1. The van der Waals surface area contributed by atoms with Crippen molar-refractivity contribution in [2.24, 2.45) is 5.92 Å². The lowest BCUT2D eigenvalue weighted by Crippen LogP contribution is -2.23. The van der Waals surface area contributed by atoms with Crippen LogP contribution in [0.2, 0.25) is 0 Å². The minimum atomic E-state index is -0.213. The van der Waals surface area contributed by atoms with E-state index in [9.17, 15) is 9.59 Å². The molecule has 106 valence electrons. The maximum absolute atomic E-state index is 11.9. The number of hydrogen-bond donors (Lipinski definition) is 0. The van der Waals surface area contributed by atoms with E-state index in [0.717, 1.165) is 5.56 Å². The lowest BCUT2D eigenvalue weighted by molar-refractivity contribution is -0.151. The third-order valence-electron chi connectivity index (χ3n) is 3.69. The Bertz CT molecular complexity index is 527. The molecule has 0 unspecified atom stereocenters. The van der Waals surface area contributed by atoms with Crippen molar-refractivity contribution in [3.05, 3.63) is 23.8 Å². The summed E-state index contributed by atoms with van der Waals surface area (Å²) < 4.78 is 15.8. The number of carbonyl (C=O) groups excluding carboxylic acids is 2. The van der Waals surface area contributed by atoms with Gasteiger partial charge in [-0.2, -0.15) is 0 Å². The van der Waals surface area contributed by atoms with Gasteiger partial charge in [0.2, 0.25) is 6.79 Å². The monoisotopic (exact) mass is 276 g/mol. The summed E-state index contributed by atoms with van der Waals surface area (Å²) in [5, 5.41) is 0. The molecule has 0 amide bonds. The average molecular weight is 276 g/mol. The Hall–Kier alpha value is -2.04. The van der Waals surface area contributed by atoms with Crippen LogP contribution in [0.1, 0.15) is 31.2 Å². The molecule has 1 saturated carbocycles. The van der Waals surface area contributed by atoms with Gasteiger partial charge in [-0.15, -0.1) is 0 Å². The van der Waals surface area contributed by atoms with Gasteiger partial charge in [0.05, 0.1) is 5.92 Å². The molecule has 0 radical (unpaired) electrons. The molecule has 20 heavy (non-hydrogen) atoms. The van der Waals surface area contributed by atoms with Crippen LogP contribution in [0, 0.1) is 5.92 Å². The Labute approximate surface area is 116 Å². The second-order valence-electron chi connectivity index (χ2n) is 5.11. The van der Waals surface area contributed by atoms with E-state index < -0.39 is 0 Å². The molecule has 1 aliphatic heterocycles. The molecule has 1 aromatic rings. The normalized spacial score (nSPS) is 18.1. The van der Waals surface area contributed by atoms with Gasteiger partial charge in [-0.25, -0.2) is 0 Å². The van der Waals surface area contributed by atoms with Gasteiger partial charge in [-0.1, -0.05) is 6.07 Å². The summed E-state index contributed by atoms with van der Waals surface area (Å²) >= 11 is 0. The second kappa shape index (κ2) is 5.53. The molecule has 1 aliphatic carbocycles. The van der Waals surface area contributed by atoms with Crippen LogP contribution in [0.25, 0.3) is 0 Å². The zero-order valence-electron chi connectivity index (χ0n) is 11.1. The summed E-state index contributed by atoms with van der Waals surface area (Å²) in [4.78, 5) is 23.1. The molecule has 1 aromatic carbocycles. The molecule has 5 heteroatoms. The van der Waals surface area contributed by atoms with Crippen LogP contribution < -0.4 is 9.47 Å². The number of Topliss-reactive ketones (excluding diaryl/α,β-unsaturated/α-hetero) is 1. The first-order valence-electron chi connectivity index (χ1n) is 6.79. The van der Waals surface area contributed by atoms with Gasteiger partial charge in [-0.3, -0.25) is 9.59 Å². The second-order valence-corrected chi connectivity index (χ2v) is 5.11. The van der Waals surface area contributed by atoms with Crippen molar-refractivity contribution in [2.75, 3.05) is 6.79 Å². The molecule has 0 N–H and O–H groups in total. The van der Waals surface area contributed by atoms with Crippen LogP contribution in [0.5, 0.6) is 11.5 Å². The van der Waals surface area contributed by atoms with Gasteiger partial charge in [0.25, 0.3) is 0 Å². The molecule has 2 aliphatic rings. The highest BCUT2D eigenvalue weighted by Gasteiger charge is 2.26. The third-order valence-corrected chi connectivity index (χ3v) is 3.69. The molecule has 0 atom stereocenters. The van der Waals surface area contributed by atoms with Gasteiger partial charge in [0.15, 0.2) is 11.5 Å². The van der Waals surface area contributed by atoms with E-state index >= 15 is 0 Å². The first kappa shape index (κ1) is 13.0. The highest BCUT2D eigenvalue weighted by Crippen LogP contribution is 2.32. The molecule has 0 aromatic heterocycles. The van der Waals surface area contributed by atoms with Gasteiger partial charge in [0, 0.05) is 12.8 Å². The Morgan fingerprint density at radius 1 is 1.20 bits per heavy atom. The zero-order chi connectivity index (χ0) is 13.9. The summed E-state index contributed by atoms with van der Waals surface area (Å²) in [5.41, 5.74) is 0.870. The quantitative estimate of drug-likeness (QED) is 0.792. The molecule has 0 saturated heterocycles. The van der Waals surface area contributed by atoms with Gasteiger partial charge in [0.1, 0.15) is 12.4 Å². The first-order valence-corrected chi connectivity index (χ1v) is 6.79. The summed E-state index contributed by atoms with van der Waals surface area (Å²) in [5.74, 6) is 1.29. The summed E-state index contributed by atoms with van der Waals surface area (Å²) in [6, 6.07) is 5.48. The number of carbonyl (C=O) groups is 2. The number of ether oxygens (including phenoxy) is 3. The first-order chi connectivity index (χ1) is 9.72. The molecule has 5 nitrogen and oxygen atoms in total. The van der Waals surface area contributed by atoms with Crippen LogP contribution in [0.3, 0.4) is 0 Å². The maximum atomic E-state index is 11.9. The van der Waals surface area contributed by atoms with Crippen molar-refractivity contribution >= 4 is 11.8 Å². The number of benzene rings is 1. The fourth-order valence-electron chi connectivity index (χ4n) is 2.48. The van der Waals surface area contributed by atoms with E-state index in [4.69, 9.17) is 14.2 Å². The summed E-state index contributed by atoms with van der Waals surface area (Å²) in [6.45, 7) is 0.453. The maximum Gasteiger partial charge on any atom is 0.309 e. The number of hydrogen-bond acceptors (Lipinski definition) is 5. The molecular weight excluding hydrogens is 260 g/mol. The molecule has 0 bridgehead atoms. The summed E-state index contributed by atoms with van der Waals surface area (Å²) in [7, 11) is 0. The highest BCUT2D eigenvalue weighted by atomic mass is 16.7. The Morgan fingerprint density at radius 3 is 2.75 bits per heavy atom. The van der Waals surface area contributed by atoms with E-state index in [1.807, 2.05) is 18.2 Å². The van der Waals surface area contributed by atoms with Crippen LogP contribution >= 0.6 is 0 Å². The van der Waals surface area contributed by atoms with E-state index in [0.29, 0.717) is 37.2 Å². The zero-order valence-corrected chi connectivity index (χ0v) is 11.1. The van der Waals surface area contributed by atoms with E-state index in [1.165, 1.54) is 0 Å². The van der Waals surface area contributed by atoms with Crippen molar-refractivity contribution in [1.82, 2.24) is 0 Å². The fourth-order valence-corrected chi connectivity index (χ4v) is 2.48. The Balaban J connectivity index is 1.54. The minimum absolute atomic E-state index is 0.137. The third kappa shape index (κ3) is 2.76. The van der Waals surface area contributed by atoms with Crippen molar-refractivity contribution in [1.29, 1.82) is 0 Å². The number of fused-ring (bicyclic) bond motifs is 1. The number of esters is 1. The van der Waals surface area contributed by atoms with E-state index in [-0.39, 0.29) is 31.1 Å². The molecule has 0 spiro atoms. The van der Waals surface area contributed by atoms with Crippen LogP contribution in [0.15, 0.2) is 18.2 Å². The van der Waals surface area contributed by atoms with Crippen LogP contribution in [0.4, 0.5) is 0 Å². The topological polar surface area (TPSA) is 61.8 Å². The van der Waals surface area contributed by atoms with Gasteiger partial charge in [-0.05, 0) is 30.5 Å². The smallest absolute Gasteiger partial charge is 0.309 e. The minimum Gasteiger partial charge on any atom is -0.461 e. The predicted molar refractivity (Wildman–Crippen MR) is 69.3 cm³/mol. The highest BCUT2D eigenvalue weighted by molar-refractivity contribution is 5.82. The standard InChI is InChI=1S/C15H16O5/c16-12-4-2-11(3-5-12)15(17)18-8-10-1-6-13-14(7-10)20-9-19-13/h1,6-7,11H,2-5,8-9H2. The molecule has 1 heterocycles. The van der Waals surface area contributed by atoms with Gasteiger partial charge < -0.3 is 14.2 Å². The fraction of sp³-hybridized carbons (Fsp3) is 0.467. The van der Waals surface area contributed by atoms with Crippen LogP contribution in [-0.2, 0) is 20.9 Å². The van der Waals surface area contributed by atoms with Crippen molar-refractivity contribution in [3.63, 3.8) is 0 Å². The van der Waals surface area contributed by atoms with E-state index in [2.05, 4.69) is 0 Å². The average Bonchev–Trinajstić information content (AvgIpc) is 2.93.